The first-order valence-electron chi connectivity index (χ1n) is 7.40. The zero-order valence-corrected chi connectivity index (χ0v) is 13.0. The SMILES string of the molecule is Cc1nc(C)c(CNCC2(CCO)CCCCC2)s1. The Kier molecular flexibility index (Phi) is 5.37. The molecule has 1 aliphatic rings. The summed E-state index contributed by atoms with van der Waals surface area (Å²) in [5, 5.41) is 14.1. The van der Waals surface area contributed by atoms with Crippen LogP contribution in [-0.4, -0.2) is 23.2 Å². The van der Waals surface area contributed by atoms with Crippen molar-refractivity contribution in [2.75, 3.05) is 13.2 Å². The molecule has 0 aliphatic heterocycles. The molecule has 0 amide bonds. The van der Waals surface area contributed by atoms with Gasteiger partial charge in [-0.15, -0.1) is 11.3 Å². The van der Waals surface area contributed by atoms with Crippen LogP contribution >= 0.6 is 11.3 Å². The molecule has 1 aliphatic carbocycles. The first kappa shape index (κ1) is 14.9. The van der Waals surface area contributed by atoms with E-state index in [9.17, 15) is 5.11 Å². The third kappa shape index (κ3) is 4.01. The van der Waals surface area contributed by atoms with Crippen LogP contribution in [0.2, 0.25) is 0 Å². The van der Waals surface area contributed by atoms with Gasteiger partial charge < -0.3 is 10.4 Å². The highest BCUT2D eigenvalue weighted by Gasteiger charge is 2.30. The van der Waals surface area contributed by atoms with Crippen LogP contribution in [0.25, 0.3) is 0 Å². The zero-order chi connectivity index (χ0) is 13.7. The molecule has 2 rings (SSSR count). The number of aromatic nitrogens is 1. The minimum atomic E-state index is 0.320. The molecule has 0 unspecified atom stereocenters. The summed E-state index contributed by atoms with van der Waals surface area (Å²) in [5.74, 6) is 0. The molecule has 1 heterocycles. The molecule has 0 bridgehead atoms. The fourth-order valence-corrected chi connectivity index (χ4v) is 4.14. The Bertz CT molecular complexity index is 391. The van der Waals surface area contributed by atoms with Gasteiger partial charge in [0.1, 0.15) is 0 Å². The number of hydrogen-bond donors (Lipinski definition) is 2. The lowest BCUT2D eigenvalue weighted by Crippen LogP contribution is -2.36. The summed E-state index contributed by atoms with van der Waals surface area (Å²) in [6.07, 6.45) is 7.48. The van der Waals surface area contributed by atoms with Crippen LogP contribution in [0.15, 0.2) is 0 Å². The molecule has 19 heavy (non-hydrogen) atoms. The maximum absolute atomic E-state index is 9.31. The molecule has 0 radical (unpaired) electrons. The van der Waals surface area contributed by atoms with Crippen molar-refractivity contribution >= 4 is 11.3 Å². The van der Waals surface area contributed by atoms with E-state index in [2.05, 4.69) is 24.1 Å². The molecule has 2 N–H and O–H groups in total. The lowest BCUT2D eigenvalue weighted by atomic mass is 9.72. The highest BCUT2D eigenvalue weighted by molar-refractivity contribution is 7.11. The van der Waals surface area contributed by atoms with Gasteiger partial charge in [-0.3, -0.25) is 0 Å². The van der Waals surface area contributed by atoms with Crippen molar-refractivity contribution in [1.29, 1.82) is 0 Å². The lowest BCUT2D eigenvalue weighted by Gasteiger charge is -2.37. The molecular formula is C15H26N2OS. The van der Waals surface area contributed by atoms with Gasteiger partial charge in [0.2, 0.25) is 0 Å². The summed E-state index contributed by atoms with van der Waals surface area (Å²) in [5.41, 5.74) is 1.50. The number of hydrogen-bond acceptors (Lipinski definition) is 4. The lowest BCUT2D eigenvalue weighted by molar-refractivity contribution is 0.126. The van der Waals surface area contributed by atoms with Crippen molar-refractivity contribution in [2.24, 2.45) is 5.41 Å². The molecule has 108 valence electrons. The topological polar surface area (TPSA) is 45.2 Å². The van der Waals surface area contributed by atoms with Gasteiger partial charge in [-0.2, -0.15) is 0 Å². The van der Waals surface area contributed by atoms with Crippen LogP contribution in [0.3, 0.4) is 0 Å². The molecule has 0 spiro atoms. The number of rotatable bonds is 6. The van der Waals surface area contributed by atoms with E-state index in [0.29, 0.717) is 12.0 Å². The highest BCUT2D eigenvalue weighted by Crippen LogP contribution is 2.38. The second-order valence-corrected chi connectivity index (χ2v) is 7.17. The fourth-order valence-electron chi connectivity index (χ4n) is 3.23. The predicted octanol–water partition coefficient (Wildman–Crippen LogP) is 3.18. The molecule has 0 saturated heterocycles. The smallest absolute Gasteiger partial charge is 0.0900 e. The predicted molar refractivity (Wildman–Crippen MR) is 80.5 cm³/mol. The third-order valence-electron chi connectivity index (χ3n) is 4.34. The average molecular weight is 282 g/mol. The molecular weight excluding hydrogens is 256 g/mol. The van der Waals surface area contributed by atoms with Gasteiger partial charge in [0.25, 0.3) is 0 Å². The van der Waals surface area contributed by atoms with E-state index in [1.54, 1.807) is 11.3 Å². The van der Waals surface area contributed by atoms with Gasteiger partial charge in [0, 0.05) is 24.6 Å². The van der Waals surface area contributed by atoms with Crippen LogP contribution in [0.4, 0.5) is 0 Å². The molecule has 1 aromatic rings. The van der Waals surface area contributed by atoms with Gasteiger partial charge in [-0.1, -0.05) is 19.3 Å². The first-order chi connectivity index (χ1) is 9.15. The third-order valence-corrected chi connectivity index (χ3v) is 5.41. The van der Waals surface area contributed by atoms with Gasteiger partial charge in [-0.25, -0.2) is 4.98 Å². The monoisotopic (exact) mass is 282 g/mol. The average Bonchev–Trinajstić information content (AvgIpc) is 2.69. The molecule has 1 aromatic heterocycles. The van der Waals surface area contributed by atoms with Crippen LogP contribution in [0.1, 0.15) is 54.1 Å². The molecule has 0 aromatic carbocycles. The molecule has 0 atom stereocenters. The Balaban J connectivity index is 1.87. The van der Waals surface area contributed by atoms with Crippen LogP contribution < -0.4 is 5.32 Å². The maximum Gasteiger partial charge on any atom is 0.0900 e. The summed E-state index contributed by atoms with van der Waals surface area (Å²) in [6, 6.07) is 0. The number of aryl methyl sites for hydroxylation is 2. The summed E-state index contributed by atoms with van der Waals surface area (Å²) in [4.78, 5) is 5.82. The quantitative estimate of drug-likeness (QED) is 0.842. The van der Waals surface area contributed by atoms with Crippen molar-refractivity contribution in [3.63, 3.8) is 0 Å². The van der Waals surface area contributed by atoms with Gasteiger partial charge in [-0.05, 0) is 38.5 Å². The van der Waals surface area contributed by atoms with Gasteiger partial charge >= 0.3 is 0 Å². The molecule has 4 heteroatoms. The summed E-state index contributed by atoms with van der Waals surface area (Å²) >= 11 is 1.79. The van der Waals surface area contributed by atoms with E-state index < -0.39 is 0 Å². The van der Waals surface area contributed by atoms with Crippen molar-refractivity contribution < 1.29 is 5.11 Å². The van der Waals surface area contributed by atoms with E-state index in [1.165, 1.54) is 37.0 Å². The summed E-state index contributed by atoms with van der Waals surface area (Å²) < 4.78 is 0. The number of aliphatic hydroxyl groups excluding tert-OH is 1. The minimum absolute atomic E-state index is 0.320. The minimum Gasteiger partial charge on any atom is -0.396 e. The van der Waals surface area contributed by atoms with E-state index in [0.717, 1.165) is 30.2 Å². The van der Waals surface area contributed by atoms with Gasteiger partial charge in [0.15, 0.2) is 0 Å². The Labute approximate surface area is 120 Å². The van der Waals surface area contributed by atoms with Crippen LogP contribution in [0, 0.1) is 19.3 Å². The standard InChI is InChI=1S/C15H26N2OS/c1-12-14(19-13(2)17-12)10-16-11-15(8-9-18)6-4-3-5-7-15/h16,18H,3-11H2,1-2H3. The number of aliphatic hydroxyl groups is 1. The zero-order valence-electron chi connectivity index (χ0n) is 12.2. The van der Waals surface area contributed by atoms with Crippen molar-refractivity contribution in [3.8, 4) is 0 Å². The normalized spacial score (nSPS) is 18.7. The van der Waals surface area contributed by atoms with Crippen molar-refractivity contribution in [3.05, 3.63) is 15.6 Å². The Morgan fingerprint density at radius 2 is 2.00 bits per heavy atom. The Hall–Kier alpha value is -0.450. The van der Waals surface area contributed by atoms with Crippen molar-refractivity contribution in [2.45, 2.75) is 58.9 Å². The summed E-state index contributed by atoms with van der Waals surface area (Å²) in [6.45, 7) is 6.43. The van der Waals surface area contributed by atoms with Crippen LogP contribution in [0.5, 0.6) is 0 Å². The summed E-state index contributed by atoms with van der Waals surface area (Å²) in [7, 11) is 0. The fraction of sp³-hybridized carbons (Fsp3) is 0.800. The molecule has 3 nitrogen and oxygen atoms in total. The number of thiazole rings is 1. The van der Waals surface area contributed by atoms with Gasteiger partial charge in [0.05, 0.1) is 10.7 Å². The maximum atomic E-state index is 9.31. The van der Waals surface area contributed by atoms with E-state index >= 15 is 0 Å². The largest absolute Gasteiger partial charge is 0.396 e. The Morgan fingerprint density at radius 1 is 1.26 bits per heavy atom. The van der Waals surface area contributed by atoms with E-state index in [1.807, 2.05) is 0 Å². The Morgan fingerprint density at radius 3 is 2.58 bits per heavy atom. The van der Waals surface area contributed by atoms with Crippen LogP contribution in [-0.2, 0) is 6.54 Å². The first-order valence-corrected chi connectivity index (χ1v) is 8.21. The van der Waals surface area contributed by atoms with E-state index in [-0.39, 0.29) is 0 Å². The molecule has 1 fully saturated rings. The highest BCUT2D eigenvalue weighted by atomic mass is 32.1. The van der Waals surface area contributed by atoms with E-state index in [4.69, 9.17) is 0 Å². The van der Waals surface area contributed by atoms with Crippen molar-refractivity contribution in [1.82, 2.24) is 10.3 Å². The second kappa shape index (κ2) is 6.82. The second-order valence-electron chi connectivity index (χ2n) is 5.88. The number of nitrogens with one attached hydrogen (secondary N) is 1. The molecule has 1 saturated carbocycles. The number of nitrogens with zero attached hydrogens (tertiary/aromatic N) is 1.